The van der Waals surface area contributed by atoms with Crippen LogP contribution in [0.15, 0.2) is 12.1 Å². The number of carbonyl (C=O) groups excluding carboxylic acids is 1. The van der Waals surface area contributed by atoms with Crippen molar-refractivity contribution in [2.45, 2.75) is 39.0 Å². The fraction of sp³-hybridized carbons (Fsp3) is 0.571. The second-order valence-electron chi connectivity index (χ2n) is 5.27. The summed E-state index contributed by atoms with van der Waals surface area (Å²) in [5, 5.41) is 3.39. The van der Waals surface area contributed by atoms with Crippen molar-refractivity contribution in [1.29, 1.82) is 0 Å². The van der Waals surface area contributed by atoms with Crippen molar-refractivity contribution in [2.24, 2.45) is 11.1 Å². The number of aromatic nitrogens is 1. The van der Waals surface area contributed by atoms with Gasteiger partial charge in [-0.25, -0.2) is 4.98 Å². The van der Waals surface area contributed by atoms with Crippen LogP contribution >= 0.6 is 11.6 Å². The Labute approximate surface area is 118 Å². The lowest BCUT2D eigenvalue weighted by Crippen LogP contribution is -2.44. The summed E-state index contributed by atoms with van der Waals surface area (Å²) in [6.45, 7) is 2.23. The number of pyridine rings is 1. The molecule has 1 aliphatic carbocycles. The van der Waals surface area contributed by atoms with E-state index in [4.69, 9.17) is 17.3 Å². The van der Waals surface area contributed by atoms with Gasteiger partial charge in [-0.3, -0.25) is 4.79 Å². The number of hydrogen-bond acceptors (Lipinski definition) is 3. The molecule has 0 unspecified atom stereocenters. The lowest BCUT2D eigenvalue weighted by molar-refractivity contribution is -0.126. The van der Waals surface area contributed by atoms with E-state index in [-0.39, 0.29) is 5.91 Å². The van der Waals surface area contributed by atoms with Crippen molar-refractivity contribution in [1.82, 2.24) is 4.98 Å². The second kappa shape index (κ2) is 5.88. The maximum absolute atomic E-state index is 12.5. The van der Waals surface area contributed by atoms with Crippen molar-refractivity contribution in [2.75, 3.05) is 11.9 Å². The molecule has 0 saturated heterocycles. The molecule has 4 nitrogen and oxygen atoms in total. The predicted octanol–water partition coefficient (Wildman–Crippen LogP) is 2.89. The van der Waals surface area contributed by atoms with Gasteiger partial charge in [-0.1, -0.05) is 30.9 Å². The van der Waals surface area contributed by atoms with E-state index in [0.717, 1.165) is 31.4 Å². The number of rotatable bonds is 3. The van der Waals surface area contributed by atoms with Crippen LogP contribution in [-0.4, -0.2) is 17.4 Å². The standard InChI is InChI=1S/C14H20ClN3O/c1-10-11(5-6-12(15)17-10)18-13(19)14(9-16)7-3-2-4-8-14/h5-6H,2-4,7-9,16H2,1H3,(H,18,19). The van der Waals surface area contributed by atoms with E-state index < -0.39 is 5.41 Å². The minimum Gasteiger partial charge on any atom is -0.329 e. The average Bonchev–Trinajstić information content (AvgIpc) is 2.42. The third-order valence-electron chi connectivity index (χ3n) is 3.98. The van der Waals surface area contributed by atoms with Crippen molar-refractivity contribution in [3.8, 4) is 0 Å². The van der Waals surface area contributed by atoms with Gasteiger partial charge in [0, 0.05) is 6.54 Å². The first-order valence-corrected chi connectivity index (χ1v) is 7.10. The van der Waals surface area contributed by atoms with E-state index >= 15 is 0 Å². The van der Waals surface area contributed by atoms with Gasteiger partial charge in [-0.15, -0.1) is 0 Å². The predicted molar refractivity (Wildman–Crippen MR) is 77.2 cm³/mol. The van der Waals surface area contributed by atoms with Crippen molar-refractivity contribution in [3.05, 3.63) is 23.0 Å². The highest BCUT2D eigenvalue weighted by Gasteiger charge is 2.38. The zero-order chi connectivity index (χ0) is 13.9. The highest BCUT2D eigenvalue weighted by molar-refractivity contribution is 6.29. The molecule has 0 aliphatic heterocycles. The Balaban J connectivity index is 2.15. The van der Waals surface area contributed by atoms with Gasteiger partial charge >= 0.3 is 0 Å². The Morgan fingerprint density at radius 3 is 2.68 bits per heavy atom. The Morgan fingerprint density at radius 2 is 2.11 bits per heavy atom. The number of amides is 1. The summed E-state index contributed by atoms with van der Waals surface area (Å²) in [5.74, 6) is 0.0157. The molecule has 1 aromatic heterocycles. The summed E-state index contributed by atoms with van der Waals surface area (Å²) >= 11 is 5.81. The first kappa shape index (κ1) is 14.3. The van der Waals surface area contributed by atoms with Crippen LogP contribution < -0.4 is 11.1 Å². The summed E-state index contributed by atoms with van der Waals surface area (Å²) in [6.07, 6.45) is 5.08. The van der Waals surface area contributed by atoms with E-state index in [1.54, 1.807) is 12.1 Å². The molecule has 1 amide bonds. The normalized spacial score (nSPS) is 18.1. The summed E-state index contributed by atoms with van der Waals surface area (Å²) in [4.78, 5) is 16.6. The highest BCUT2D eigenvalue weighted by atomic mass is 35.5. The Bertz CT molecular complexity index is 470. The van der Waals surface area contributed by atoms with Crippen molar-refractivity contribution < 1.29 is 4.79 Å². The number of nitrogens with zero attached hydrogens (tertiary/aromatic N) is 1. The van der Waals surface area contributed by atoms with Crippen LogP contribution in [0.4, 0.5) is 5.69 Å². The van der Waals surface area contributed by atoms with E-state index in [2.05, 4.69) is 10.3 Å². The molecule has 3 N–H and O–H groups in total. The van der Waals surface area contributed by atoms with E-state index in [0.29, 0.717) is 17.4 Å². The van der Waals surface area contributed by atoms with Crippen LogP contribution in [0.25, 0.3) is 0 Å². The molecule has 104 valence electrons. The number of nitrogens with one attached hydrogen (secondary N) is 1. The molecule has 0 bridgehead atoms. The molecule has 0 radical (unpaired) electrons. The molecular weight excluding hydrogens is 262 g/mol. The molecule has 0 aromatic carbocycles. The van der Waals surface area contributed by atoms with Gasteiger partial charge in [0.1, 0.15) is 5.15 Å². The Kier molecular flexibility index (Phi) is 4.42. The molecule has 1 fully saturated rings. The monoisotopic (exact) mass is 281 g/mol. The van der Waals surface area contributed by atoms with Gasteiger partial charge in [0.2, 0.25) is 5.91 Å². The zero-order valence-corrected chi connectivity index (χ0v) is 12.0. The summed E-state index contributed by atoms with van der Waals surface area (Å²) < 4.78 is 0. The number of carbonyl (C=O) groups is 1. The van der Waals surface area contributed by atoms with Gasteiger partial charge in [0.25, 0.3) is 0 Å². The maximum atomic E-state index is 12.5. The largest absolute Gasteiger partial charge is 0.329 e. The highest BCUT2D eigenvalue weighted by Crippen LogP contribution is 2.36. The lowest BCUT2D eigenvalue weighted by Gasteiger charge is -2.34. The average molecular weight is 282 g/mol. The fourth-order valence-corrected chi connectivity index (χ4v) is 2.86. The van der Waals surface area contributed by atoms with Gasteiger partial charge in [-0.05, 0) is 31.9 Å². The SMILES string of the molecule is Cc1nc(Cl)ccc1NC(=O)C1(CN)CCCCC1. The van der Waals surface area contributed by atoms with Crippen molar-refractivity contribution in [3.63, 3.8) is 0 Å². The smallest absolute Gasteiger partial charge is 0.231 e. The van der Waals surface area contributed by atoms with Crippen LogP contribution in [0.5, 0.6) is 0 Å². The zero-order valence-electron chi connectivity index (χ0n) is 11.2. The number of hydrogen-bond donors (Lipinski definition) is 2. The number of aryl methyl sites for hydroxylation is 1. The summed E-state index contributed by atoms with van der Waals surface area (Å²) in [7, 11) is 0. The molecule has 19 heavy (non-hydrogen) atoms. The second-order valence-corrected chi connectivity index (χ2v) is 5.65. The first-order valence-electron chi connectivity index (χ1n) is 6.72. The molecular formula is C14H20ClN3O. The van der Waals surface area contributed by atoms with Crippen LogP contribution in [-0.2, 0) is 4.79 Å². The topological polar surface area (TPSA) is 68.0 Å². The minimum absolute atomic E-state index is 0.0157. The van der Waals surface area contributed by atoms with Crippen LogP contribution in [0.3, 0.4) is 0 Å². The van der Waals surface area contributed by atoms with E-state index in [1.807, 2.05) is 6.92 Å². The third kappa shape index (κ3) is 3.07. The Hall–Kier alpha value is -1.13. The van der Waals surface area contributed by atoms with Crippen molar-refractivity contribution >= 4 is 23.2 Å². The minimum atomic E-state index is -0.412. The molecule has 0 spiro atoms. The lowest BCUT2D eigenvalue weighted by atomic mass is 9.73. The van der Waals surface area contributed by atoms with Gasteiger partial charge in [0.05, 0.1) is 16.8 Å². The van der Waals surface area contributed by atoms with Crippen LogP contribution in [0.2, 0.25) is 5.15 Å². The Morgan fingerprint density at radius 1 is 1.42 bits per heavy atom. The third-order valence-corrected chi connectivity index (χ3v) is 4.19. The molecule has 1 aliphatic rings. The van der Waals surface area contributed by atoms with Crippen LogP contribution in [0.1, 0.15) is 37.8 Å². The molecule has 0 atom stereocenters. The number of anilines is 1. The summed E-state index contributed by atoms with van der Waals surface area (Å²) in [6, 6.07) is 3.47. The fourth-order valence-electron chi connectivity index (χ4n) is 2.67. The summed E-state index contributed by atoms with van der Waals surface area (Å²) in [5.41, 5.74) is 6.89. The van der Waals surface area contributed by atoms with E-state index in [9.17, 15) is 4.79 Å². The molecule has 1 aromatic rings. The quantitative estimate of drug-likeness (QED) is 0.837. The van der Waals surface area contributed by atoms with Gasteiger partial charge in [-0.2, -0.15) is 0 Å². The van der Waals surface area contributed by atoms with E-state index in [1.165, 1.54) is 6.42 Å². The maximum Gasteiger partial charge on any atom is 0.231 e. The van der Waals surface area contributed by atoms with Gasteiger partial charge in [0.15, 0.2) is 0 Å². The molecule has 1 heterocycles. The molecule has 1 saturated carbocycles. The first-order chi connectivity index (χ1) is 9.07. The number of nitrogens with two attached hydrogens (primary N) is 1. The number of halogens is 1. The van der Waals surface area contributed by atoms with Crippen LogP contribution in [0, 0.1) is 12.3 Å². The van der Waals surface area contributed by atoms with Gasteiger partial charge < -0.3 is 11.1 Å². The molecule has 5 heteroatoms. The molecule has 2 rings (SSSR count).